The summed E-state index contributed by atoms with van der Waals surface area (Å²) in [6, 6.07) is 9.95. The number of benzene rings is 1. The van der Waals surface area contributed by atoms with E-state index in [1.54, 1.807) is 24.0 Å². The van der Waals surface area contributed by atoms with Crippen LogP contribution in [0.25, 0.3) is 0 Å². The molecule has 3 rings (SSSR count). The average molecular weight is 422 g/mol. The van der Waals surface area contributed by atoms with Gasteiger partial charge < -0.3 is 20.0 Å². The normalized spacial score (nSPS) is 10.6. The summed E-state index contributed by atoms with van der Waals surface area (Å²) in [6.45, 7) is 4.38. The maximum Gasteiger partial charge on any atom is 0.293 e. The second-order valence-corrected chi connectivity index (χ2v) is 7.17. The Morgan fingerprint density at radius 1 is 1.16 bits per heavy atom. The number of aldehydes is 1. The first-order valence-electron chi connectivity index (χ1n) is 10.0. The first kappa shape index (κ1) is 21.9. The Morgan fingerprint density at radius 2 is 1.94 bits per heavy atom. The highest BCUT2D eigenvalue weighted by atomic mass is 16.2. The van der Waals surface area contributed by atoms with Crippen molar-refractivity contribution in [1.82, 2.24) is 24.4 Å². The fraction of sp³-hybridized carbons (Fsp3) is 0.318. The minimum Gasteiger partial charge on any atom is -0.365 e. The lowest BCUT2D eigenvalue weighted by Crippen LogP contribution is -2.35. The van der Waals surface area contributed by atoms with Gasteiger partial charge in [0.25, 0.3) is 5.56 Å². The highest BCUT2D eigenvalue weighted by molar-refractivity contribution is 5.75. The number of carbonyl (C=O) groups is 2. The number of nitrogens with one attached hydrogen (secondary N) is 2. The Kier molecular flexibility index (Phi) is 7.31. The molecule has 0 saturated heterocycles. The van der Waals surface area contributed by atoms with Crippen LogP contribution >= 0.6 is 0 Å². The van der Waals surface area contributed by atoms with Crippen molar-refractivity contribution in [1.29, 1.82) is 0 Å². The van der Waals surface area contributed by atoms with Crippen molar-refractivity contribution in [3.63, 3.8) is 0 Å². The Balaban J connectivity index is 1.62. The molecule has 162 valence electrons. The van der Waals surface area contributed by atoms with Crippen LogP contribution in [0.4, 0.5) is 5.82 Å². The summed E-state index contributed by atoms with van der Waals surface area (Å²) >= 11 is 0. The SMILES string of the molecule is Cc1ncn(CC=O)c1CNC(=O)Cn1c(C)cnc(NCCc2ccccc2)c1=O. The summed E-state index contributed by atoms with van der Waals surface area (Å²) in [6.07, 6.45) is 4.67. The molecule has 1 aromatic carbocycles. The van der Waals surface area contributed by atoms with Crippen LogP contribution in [0.3, 0.4) is 0 Å². The van der Waals surface area contributed by atoms with Gasteiger partial charge in [-0.15, -0.1) is 0 Å². The van der Waals surface area contributed by atoms with Gasteiger partial charge in [0.1, 0.15) is 12.8 Å². The van der Waals surface area contributed by atoms with E-state index in [4.69, 9.17) is 0 Å². The van der Waals surface area contributed by atoms with Gasteiger partial charge in [-0.1, -0.05) is 30.3 Å². The summed E-state index contributed by atoms with van der Waals surface area (Å²) < 4.78 is 3.07. The van der Waals surface area contributed by atoms with E-state index in [1.165, 1.54) is 4.57 Å². The van der Waals surface area contributed by atoms with Crippen LogP contribution in [0, 0.1) is 13.8 Å². The molecule has 0 unspecified atom stereocenters. The molecule has 2 heterocycles. The molecule has 3 aromatic rings. The van der Waals surface area contributed by atoms with Crippen LogP contribution < -0.4 is 16.2 Å². The van der Waals surface area contributed by atoms with Gasteiger partial charge in [-0.3, -0.25) is 14.2 Å². The van der Waals surface area contributed by atoms with Crippen molar-refractivity contribution in [2.75, 3.05) is 11.9 Å². The second-order valence-electron chi connectivity index (χ2n) is 7.17. The Hall–Kier alpha value is -3.75. The fourth-order valence-corrected chi connectivity index (χ4v) is 3.22. The summed E-state index contributed by atoms with van der Waals surface area (Å²) in [5.41, 5.74) is 2.90. The molecule has 9 heteroatoms. The molecule has 0 spiro atoms. The molecule has 0 fully saturated rings. The number of amides is 1. The van der Waals surface area contributed by atoms with Crippen LogP contribution in [0.1, 0.15) is 22.6 Å². The quantitative estimate of drug-likeness (QED) is 0.476. The molecule has 0 aliphatic rings. The van der Waals surface area contributed by atoms with Crippen molar-refractivity contribution in [3.05, 3.63) is 75.9 Å². The van der Waals surface area contributed by atoms with Gasteiger partial charge in [0.05, 0.1) is 30.8 Å². The van der Waals surface area contributed by atoms with Gasteiger partial charge in [-0.05, 0) is 25.8 Å². The van der Waals surface area contributed by atoms with E-state index < -0.39 is 0 Å². The maximum absolute atomic E-state index is 12.8. The lowest BCUT2D eigenvalue weighted by Gasteiger charge is -2.13. The van der Waals surface area contributed by atoms with Crippen molar-refractivity contribution >= 4 is 18.0 Å². The molecule has 31 heavy (non-hydrogen) atoms. The predicted octanol–water partition coefficient (Wildman–Crippen LogP) is 1.23. The molecule has 1 amide bonds. The molecular formula is C22H26N6O3. The van der Waals surface area contributed by atoms with Crippen LogP contribution in [0.5, 0.6) is 0 Å². The Labute approximate surface area is 180 Å². The summed E-state index contributed by atoms with van der Waals surface area (Å²) in [5, 5.41) is 5.86. The summed E-state index contributed by atoms with van der Waals surface area (Å²) in [7, 11) is 0. The van der Waals surface area contributed by atoms with Crippen LogP contribution in [-0.2, 0) is 35.6 Å². The number of carbonyl (C=O) groups excluding carboxylic acids is 2. The van der Waals surface area contributed by atoms with Crippen molar-refractivity contribution in [2.45, 2.75) is 39.9 Å². The topological polar surface area (TPSA) is 111 Å². The summed E-state index contributed by atoms with van der Waals surface area (Å²) in [5.74, 6) is -0.0980. The number of nitrogens with zero attached hydrogens (tertiary/aromatic N) is 4. The Morgan fingerprint density at radius 3 is 2.68 bits per heavy atom. The van der Waals surface area contributed by atoms with E-state index in [9.17, 15) is 14.4 Å². The van der Waals surface area contributed by atoms with E-state index in [0.717, 1.165) is 29.7 Å². The van der Waals surface area contributed by atoms with Gasteiger partial charge in [-0.2, -0.15) is 0 Å². The lowest BCUT2D eigenvalue weighted by atomic mass is 10.1. The molecule has 0 radical (unpaired) electrons. The number of imidazole rings is 1. The number of hydrogen-bond acceptors (Lipinski definition) is 6. The van der Waals surface area contributed by atoms with E-state index >= 15 is 0 Å². The highest BCUT2D eigenvalue weighted by Crippen LogP contribution is 2.06. The number of aromatic nitrogens is 4. The van der Waals surface area contributed by atoms with Gasteiger partial charge in [0, 0.05) is 18.4 Å². The smallest absolute Gasteiger partial charge is 0.293 e. The van der Waals surface area contributed by atoms with E-state index in [1.807, 2.05) is 37.3 Å². The van der Waals surface area contributed by atoms with E-state index in [-0.39, 0.29) is 36.9 Å². The zero-order valence-electron chi connectivity index (χ0n) is 17.7. The lowest BCUT2D eigenvalue weighted by molar-refractivity contribution is -0.121. The third-order valence-electron chi connectivity index (χ3n) is 4.98. The van der Waals surface area contributed by atoms with Gasteiger partial charge in [0.2, 0.25) is 5.91 Å². The molecule has 2 aromatic heterocycles. The van der Waals surface area contributed by atoms with Gasteiger partial charge in [0.15, 0.2) is 5.82 Å². The molecular weight excluding hydrogens is 396 g/mol. The average Bonchev–Trinajstić information content (AvgIpc) is 3.11. The molecule has 0 saturated carbocycles. The first-order valence-corrected chi connectivity index (χ1v) is 10.0. The zero-order valence-corrected chi connectivity index (χ0v) is 17.7. The molecule has 9 nitrogen and oxygen atoms in total. The monoisotopic (exact) mass is 422 g/mol. The van der Waals surface area contributed by atoms with Crippen molar-refractivity contribution in [2.24, 2.45) is 0 Å². The fourth-order valence-electron chi connectivity index (χ4n) is 3.22. The largest absolute Gasteiger partial charge is 0.365 e. The van der Waals surface area contributed by atoms with Crippen LogP contribution in [0.2, 0.25) is 0 Å². The number of hydrogen-bond donors (Lipinski definition) is 2. The predicted molar refractivity (Wildman–Crippen MR) is 117 cm³/mol. The standard InChI is InChI=1S/C22H26N6O3/c1-16-12-25-21(23-9-8-18-6-4-3-5-7-18)22(31)28(16)14-20(30)24-13-19-17(2)26-15-27(19)10-11-29/h3-7,11-12,15H,8-10,13-14H2,1-2H3,(H,23,25)(H,24,30). The number of rotatable bonds is 10. The number of anilines is 1. The van der Waals surface area contributed by atoms with E-state index in [2.05, 4.69) is 20.6 Å². The molecule has 0 atom stereocenters. The molecule has 2 N–H and O–H groups in total. The molecule has 0 aliphatic carbocycles. The highest BCUT2D eigenvalue weighted by Gasteiger charge is 2.13. The second kappa shape index (κ2) is 10.3. The van der Waals surface area contributed by atoms with E-state index in [0.29, 0.717) is 12.2 Å². The molecule has 0 bridgehead atoms. The van der Waals surface area contributed by atoms with Crippen molar-refractivity contribution < 1.29 is 9.59 Å². The zero-order chi connectivity index (χ0) is 22.2. The third-order valence-corrected chi connectivity index (χ3v) is 4.98. The third kappa shape index (κ3) is 5.65. The maximum atomic E-state index is 12.8. The number of aryl methyl sites for hydroxylation is 2. The van der Waals surface area contributed by atoms with Gasteiger partial charge >= 0.3 is 0 Å². The Bertz CT molecular complexity index is 1100. The minimum absolute atomic E-state index is 0.124. The molecule has 0 aliphatic heterocycles. The van der Waals surface area contributed by atoms with Crippen LogP contribution in [-0.4, -0.2) is 37.8 Å². The van der Waals surface area contributed by atoms with Crippen molar-refractivity contribution in [3.8, 4) is 0 Å². The first-order chi connectivity index (χ1) is 15.0. The summed E-state index contributed by atoms with van der Waals surface area (Å²) in [4.78, 5) is 44.4. The van der Waals surface area contributed by atoms with Crippen LogP contribution in [0.15, 0.2) is 47.7 Å². The minimum atomic E-state index is -0.342. The van der Waals surface area contributed by atoms with Gasteiger partial charge in [-0.25, -0.2) is 9.97 Å².